The molecule has 2 aliphatic heterocycles. The van der Waals surface area contributed by atoms with E-state index in [2.05, 4.69) is 141 Å². The summed E-state index contributed by atoms with van der Waals surface area (Å²) in [6.45, 7) is 2.69. The Labute approximate surface area is 609 Å². The van der Waals surface area contributed by atoms with Crippen LogP contribution in [-0.2, 0) is 23.7 Å². The third kappa shape index (κ3) is 50.5. The van der Waals surface area contributed by atoms with Gasteiger partial charge in [-0.15, -0.1) is 0 Å². The van der Waals surface area contributed by atoms with Gasteiger partial charge in [0, 0.05) is 6.42 Å². The molecule has 0 aliphatic carbocycles. The van der Waals surface area contributed by atoms with Crippen molar-refractivity contribution in [1.29, 1.82) is 0 Å². The van der Waals surface area contributed by atoms with Crippen molar-refractivity contribution in [1.82, 2.24) is 5.32 Å². The number of carbonyl (C=O) groups is 1. The summed E-state index contributed by atoms with van der Waals surface area (Å²) in [5, 5.41) is 87.7. The molecule has 0 bridgehead atoms. The van der Waals surface area contributed by atoms with Crippen LogP contribution < -0.4 is 5.32 Å². The van der Waals surface area contributed by atoms with Gasteiger partial charge in [-0.25, -0.2) is 0 Å². The molecule has 574 valence electrons. The van der Waals surface area contributed by atoms with Gasteiger partial charge in [-0.2, -0.15) is 0 Å². The van der Waals surface area contributed by atoms with Gasteiger partial charge in [0.25, 0.3) is 0 Å². The predicted molar refractivity (Wildman–Crippen MR) is 415 cm³/mol. The summed E-state index contributed by atoms with van der Waals surface area (Å²) < 4.78 is 22.9. The van der Waals surface area contributed by atoms with E-state index in [1.165, 1.54) is 161 Å². The van der Waals surface area contributed by atoms with Crippen molar-refractivity contribution in [3.05, 3.63) is 134 Å². The molecule has 14 heteroatoms. The summed E-state index contributed by atoms with van der Waals surface area (Å²) in [5.74, 6) is -0.263. The van der Waals surface area contributed by atoms with Crippen LogP contribution in [0.4, 0.5) is 0 Å². The molecule has 14 nitrogen and oxygen atoms in total. The van der Waals surface area contributed by atoms with E-state index in [1.54, 1.807) is 6.08 Å². The highest BCUT2D eigenvalue weighted by atomic mass is 16.7. The van der Waals surface area contributed by atoms with Crippen LogP contribution in [0.5, 0.6) is 0 Å². The zero-order chi connectivity index (χ0) is 72.2. The van der Waals surface area contributed by atoms with Crippen LogP contribution in [0.2, 0.25) is 0 Å². The standard InChI is InChI=1S/C86H147NO13/c1-3-5-7-9-11-13-15-17-19-21-23-25-27-29-31-33-35-36-37-38-40-42-44-46-48-50-52-54-56-58-60-62-64-66-68-70-78(91)87-74(73-97-85-83(96)81(94)84(77(72-89)99-85)100-86-82(95)80(93)79(92)76(71-88)98-86)75(90)69-67-65-63-61-59-57-55-53-51-49-47-45-43-41-39-34-32-30-28-26-24-22-20-18-16-14-12-10-8-6-4-2/h5,7,11,13,17,19,23,25,29,31,35-36,38,40,44,46,50,52,59,61,67,69,74-77,79-86,88-90,92-96H,3-4,6,8-10,12,14-16,18,20-22,24,26-28,30,32-34,37,39,41-43,45,47-49,51,53-58,60,62-66,68,70-73H2,1-2H3,(H,87,91)/b7-5-,13-11-,19-17-,25-23-,31-29-,36-35-,40-38-,46-44-,52-50-,61-59+,69-67+. The van der Waals surface area contributed by atoms with Gasteiger partial charge in [-0.3, -0.25) is 4.79 Å². The minimum Gasteiger partial charge on any atom is -0.394 e. The van der Waals surface area contributed by atoms with E-state index in [1.807, 2.05) is 6.08 Å². The number of hydrogen-bond acceptors (Lipinski definition) is 13. The highest BCUT2D eigenvalue weighted by Crippen LogP contribution is 2.30. The third-order valence-corrected chi connectivity index (χ3v) is 18.8. The van der Waals surface area contributed by atoms with Crippen LogP contribution >= 0.6 is 0 Å². The van der Waals surface area contributed by atoms with Crippen molar-refractivity contribution < 1.29 is 64.6 Å². The van der Waals surface area contributed by atoms with Crippen LogP contribution in [0.15, 0.2) is 134 Å². The lowest BCUT2D eigenvalue weighted by Gasteiger charge is -2.46. The summed E-state index contributed by atoms with van der Waals surface area (Å²) in [5.41, 5.74) is 0. The van der Waals surface area contributed by atoms with Gasteiger partial charge in [0.05, 0.1) is 32.0 Å². The van der Waals surface area contributed by atoms with Crippen molar-refractivity contribution in [3.63, 3.8) is 0 Å². The summed E-state index contributed by atoms with van der Waals surface area (Å²) in [7, 11) is 0. The maximum absolute atomic E-state index is 13.4. The number of ether oxygens (including phenoxy) is 4. The number of aliphatic hydroxyl groups is 8. The molecule has 12 atom stereocenters. The van der Waals surface area contributed by atoms with Crippen LogP contribution in [0.3, 0.4) is 0 Å². The Kier molecular flexibility index (Phi) is 62.9. The van der Waals surface area contributed by atoms with E-state index in [0.717, 1.165) is 116 Å². The first kappa shape index (κ1) is 92.2. The molecule has 0 aromatic rings. The van der Waals surface area contributed by atoms with Gasteiger partial charge < -0.3 is 65.1 Å². The molecule has 0 aromatic heterocycles. The molecular formula is C86H147NO13. The number of allylic oxidation sites excluding steroid dienone is 21. The van der Waals surface area contributed by atoms with Crippen LogP contribution in [-0.4, -0.2) is 140 Å². The lowest BCUT2D eigenvalue weighted by atomic mass is 9.97. The molecule has 1 amide bonds. The largest absolute Gasteiger partial charge is 0.394 e. The van der Waals surface area contributed by atoms with E-state index in [0.29, 0.717) is 12.8 Å². The number of rotatable bonds is 66. The molecule has 100 heavy (non-hydrogen) atoms. The van der Waals surface area contributed by atoms with Gasteiger partial charge in [0.1, 0.15) is 48.8 Å². The third-order valence-electron chi connectivity index (χ3n) is 18.8. The highest BCUT2D eigenvalue weighted by Gasteiger charge is 2.51. The molecule has 9 N–H and O–H groups in total. The Bertz CT molecular complexity index is 2200. The fraction of sp³-hybridized carbons (Fsp3) is 0.733. The average Bonchev–Trinajstić information content (AvgIpc) is 0.790. The zero-order valence-electron chi connectivity index (χ0n) is 62.9. The topological polar surface area (TPSA) is 228 Å². The maximum atomic E-state index is 13.4. The number of carbonyl (C=O) groups excluding carboxylic acids is 1. The lowest BCUT2D eigenvalue weighted by Crippen LogP contribution is -2.65. The van der Waals surface area contributed by atoms with E-state index < -0.39 is 86.8 Å². The maximum Gasteiger partial charge on any atom is 0.220 e. The van der Waals surface area contributed by atoms with Gasteiger partial charge in [-0.1, -0.05) is 334 Å². The molecule has 2 heterocycles. The molecule has 12 unspecified atom stereocenters. The first-order valence-corrected chi connectivity index (χ1v) is 40.4. The second-order valence-corrected chi connectivity index (χ2v) is 27.8. The quantitative estimate of drug-likeness (QED) is 0.0204. The smallest absolute Gasteiger partial charge is 0.220 e. The van der Waals surface area contributed by atoms with Gasteiger partial charge in [-0.05, 0) is 103 Å². The number of unbranched alkanes of at least 4 members (excludes halogenated alkanes) is 33. The number of nitrogens with one attached hydrogen (secondary N) is 1. The molecule has 0 saturated carbocycles. The van der Waals surface area contributed by atoms with E-state index >= 15 is 0 Å². The van der Waals surface area contributed by atoms with E-state index in [-0.39, 0.29) is 18.9 Å². The zero-order valence-corrected chi connectivity index (χ0v) is 62.9. The number of hydrogen-bond donors (Lipinski definition) is 9. The second-order valence-electron chi connectivity index (χ2n) is 27.8. The number of aliphatic hydroxyl groups excluding tert-OH is 8. The fourth-order valence-corrected chi connectivity index (χ4v) is 12.5. The first-order valence-electron chi connectivity index (χ1n) is 40.4. The average molecular weight is 1400 g/mol. The van der Waals surface area contributed by atoms with Crippen molar-refractivity contribution in [2.75, 3.05) is 19.8 Å². The molecule has 2 aliphatic rings. The summed E-state index contributed by atoms with van der Waals surface area (Å²) in [6.07, 6.45) is 85.3. The molecule has 2 rings (SSSR count). The Morgan fingerprint density at radius 1 is 0.370 bits per heavy atom. The van der Waals surface area contributed by atoms with Crippen molar-refractivity contribution >= 4 is 5.91 Å². The SMILES string of the molecule is CC/C=C\C/C=C\C/C=C\C/C=C\C/C=C\C/C=C\C/C=C\C/C=C\C/C=C\CCCCCCCCCC(=O)NC(COC1OC(CO)C(OC2OC(CO)C(O)C(O)C2O)C(O)C1O)C(O)/C=C/CC/C=C/CCCCCCCCCCCCCCCCCCCCCCCCCCC. The van der Waals surface area contributed by atoms with Crippen LogP contribution in [0.1, 0.15) is 309 Å². The molecule has 0 aromatic carbocycles. The van der Waals surface area contributed by atoms with Gasteiger partial charge >= 0.3 is 0 Å². The Balaban J connectivity index is 1.66. The summed E-state index contributed by atoms with van der Waals surface area (Å²) in [6, 6.07) is -0.950. The fourth-order valence-electron chi connectivity index (χ4n) is 12.5. The second kappa shape index (κ2) is 68.3. The van der Waals surface area contributed by atoms with Gasteiger partial charge in [0.2, 0.25) is 5.91 Å². The predicted octanol–water partition coefficient (Wildman–Crippen LogP) is 18.6. The van der Waals surface area contributed by atoms with Crippen molar-refractivity contribution in [3.8, 4) is 0 Å². The van der Waals surface area contributed by atoms with Crippen molar-refractivity contribution in [2.24, 2.45) is 0 Å². The molecule has 0 spiro atoms. The minimum atomic E-state index is -1.80. The highest BCUT2D eigenvalue weighted by molar-refractivity contribution is 5.76. The van der Waals surface area contributed by atoms with Crippen LogP contribution in [0.25, 0.3) is 0 Å². The monoisotopic (exact) mass is 1400 g/mol. The number of amides is 1. The van der Waals surface area contributed by atoms with Crippen molar-refractivity contribution in [2.45, 2.75) is 383 Å². The molecular weight excluding hydrogens is 1250 g/mol. The molecule has 0 radical (unpaired) electrons. The minimum absolute atomic E-state index is 0.252. The Hall–Kier alpha value is -3.87. The van der Waals surface area contributed by atoms with Gasteiger partial charge in [0.15, 0.2) is 12.6 Å². The molecule has 2 fully saturated rings. The lowest BCUT2D eigenvalue weighted by molar-refractivity contribution is -0.359. The normalized spacial score (nSPS) is 22.6. The van der Waals surface area contributed by atoms with Crippen LogP contribution in [0, 0.1) is 0 Å². The summed E-state index contributed by atoms with van der Waals surface area (Å²) >= 11 is 0. The van der Waals surface area contributed by atoms with E-state index in [9.17, 15) is 45.6 Å². The first-order chi connectivity index (χ1) is 49.1. The molecule has 2 saturated heterocycles. The Morgan fingerprint density at radius 2 is 0.700 bits per heavy atom. The summed E-state index contributed by atoms with van der Waals surface area (Å²) in [4.78, 5) is 13.4. The Morgan fingerprint density at radius 3 is 1.10 bits per heavy atom. The van der Waals surface area contributed by atoms with E-state index in [4.69, 9.17) is 18.9 Å².